The molecule has 0 saturated carbocycles. The van der Waals surface area contributed by atoms with Crippen molar-refractivity contribution in [3.05, 3.63) is 29.5 Å². The monoisotopic (exact) mass is 196 g/mol. The highest BCUT2D eigenvalue weighted by atomic mass is 35.5. The normalized spacial score (nSPS) is 10.5. The zero-order valence-corrected chi connectivity index (χ0v) is 7.19. The van der Waals surface area contributed by atoms with Crippen LogP contribution in [-0.4, -0.2) is 20.8 Å². The molecule has 0 unspecified atom stereocenters. The topological polar surface area (TPSA) is 55.1 Å². The summed E-state index contributed by atoms with van der Waals surface area (Å²) >= 11 is 5.64. The van der Waals surface area contributed by atoms with Crippen LogP contribution in [0.5, 0.6) is 0 Å². The van der Waals surface area contributed by atoms with E-state index in [-0.39, 0.29) is 0 Å². The van der Waals surface area contributed by atoms with Crippen LogP contribution >= 0.6 is 11.6 Å². The van der Waals surface area contributed by atoms with Crippen molar-refractivity contribution in [2.75, 3.05) is 0 Å². The van der Waals surface area contributed by atoms with E-state index in [1.54, 1.807) is 18.2 Å². The Morgan fingerprint density at radius 1 is 1.46 bits per heavy atom. The molecule has 0 atom stereocenters. The minimum absolute atomic E-state index is 0.357. The molecule has 2 aromatic rings. The predicted octanol–water partition coefficient (Wildman–Crippen LogP) is 2.22. The zero-order chi connectivity index (χ0) is 9.42. The van der Waals surface area contributed by atoms with Gasteiger partial charge in [-0.1, -0.05) is 11.6 Å². The number of aromatic nitrogens is 2. The highest BCUT2D eigenvalue weighted by Crippen LogP contribution is 2.16. The molecule has 5 heteroatoms. The molecular formula is C8H5ClN2O2. The second kappa shape index (κ2) is 2.74. The molecule has 0 radical (unpaired) electrons. The highest BCUT2D eigenvalue weighted by molar-refractivity contribution is 6.29. The van der Waals surface area contributed by atoms with Gasteiger partial charge in [0.25, 0.3) is 0 Å². The van der Waals surface area contributed by atoms with E-state index < -0.39 is 6.09 Å². The number of rotatable bonds is 0. The minimum atomic E-state index is -1.03. The van der Waals surface area contributed by atoms with Crippen molar-refractivity contribution >= 4 is 28.7 Å². The van der Waals surface area contributed by atoms with E-state index >= 15 is 0 Å². The first kappa shape index (κ1) is 8.07. The molecule has 0 saturated heterocycles. The summed E-state index contributed by atoms with van der Waals surface area (Å²) in [6, 6.07) is 4.79. The lowest BCUT2D eigenvalue weighted by Gasteiger charge is -1.96. The maximum atomic E-state index is 10.7. The molecule has 0 aromatic carbocycles. The molecule has 0 aliphatic carbocycles. The third-order valence-electron chi connectivity index (χ3n) is 1.72. The smallest absolute Gasteiger partial charge is 0.416 e. The third-order valence-corrected chi connectivity index (χ3v) is 1.93. The molecule has 2 aromatic heterocycles. The Bertz CT molecular complexity index is 478. The number of pyridine rings is 1. The second-order valence-electron chi connectivity index (χ2n) is 2.51. The fourth-order valence-electron chi connectivity index (χ4n) is 1.16. The van der Waals surface area contributed by atoms with Crippen molar-refractivity contribution in [2.24, 2.45) is 0 Å². The van der Waals surface area contributed by atoms with E-state index in [1.165, 1.54) is 6.20 Å². The Morgan fingerprint density at radius 3 is 2.92 bits per heavy atom. The Kier molecular flexibility index (Phi) is 1.70. The number of hydrogen-bond donors (Lipinski definition) is 1. The highest BCUT2D eigenvalue weighted by Gasteiger charge is 2.06. The van der Waals surface area contributed by atoms with Gasteiger partial charge in [-0.25, -0.2) is 9.78 Å². The lowest BCUT2D eigenvalue weighted by molar-refractivity contribution is 0.197. The summed E-state index contributed by atoms with van der Waals surface area (Å²) < 4.78 is 1.10. The van der Waals surface area contributed by atoms with E-state index in [9.17, 15) is 4.79 Å². The first-order chi connectivity index (χ1) is 6.18. The van der Waals surface area contributed by atoms with Gasteiger partial charge in [0.2, 0.25) is 0 Å². The van der Waals surface area contributed by atoms with Crippen LogP contribution in [0.4, 0.5) is 4.79 Å². The summed E-state index contributed by atoms with van der Waals surface area (Å²) in [6.07, 6.45) is 0.412. The number of hydrogen-bond acceptors (Lipinski definition) is 2. The predicted molar refractivity (Wildman–Crippen MR) is 48.2 cm³/mol. The quantitative estimate of drug-likeness (QED) is 0.658. The van der Waals surface area contributed by atoms with Gasteiger partial charge in [-0.3, -0.25) is 4.57 Å². The van der Waals surface area contributed by atoms with Crippen LogP contribution in [0.3, 0.4) is 0 Å². The SMILES string of the molecule is O=C(O)n1ccc2nc(Cl)ccc21. The van der Waals surface area contributed by atoms with Gasteiger partial charge in [0.15, 0.2) is 0 Å². The average Bonchev–Trinajstić information content (AvgIpc) is 2.46. The molecule has 0 amide bonds. The molecule has 66 valence electrons. The molecule has 0 spiro atoms. The number of halogens is 1. The standard InChI is InChI=1S/C8H5ClN2O2/c9-7-2-1-6-5(10-7)3-4-11(6)8(12)13/h1-4H,(H,12,13). The van der Waals surface area contributed by atoms with E-state index in [1.807, 2.05) is 0 Å². The molecule has 2 heterocycles. The number of fused-ring (bicyclic) bond motifs is 1. The van der Waals surface area contributed by atoms with E-state index in [2.05, 4.69) is 4.98 Å². The summed E-state index contributed by atoms with van der Waals surface area (Å²) in [7, 11) is 0. The molecular weight excluding hydrogens is 192 g/mol. The first-order valence-electron chi connectivity index (χ1n) is 3.55. The zero-order valence-electron chi connectivity index (χ0n) is 6.44. The molecule has 13 heavy (non-hydrogen) atoms. The van der Waals surface area contributed by atoms with Crippen molar-refractivity contribution in [3.63, 3.8) is 0 Å². The summed E-state index contributed by atoms with van der Waals surface area (Å²) in [5, 5.41) is 9.10. The summed E-state index contributed by atoms with van der Waals surface area (Å²) in [5.74, 6) is 0. The van der Waals surface area contributed by atoms with Gasteiger partial charge in [0.1, 0.15) is 5.15 Å². The van der Waals surface area contributed by atoms with Crippen molar-refractivity contribution in [3.8, 4) is 0 Å². The Balaban J connectivity index is 2.76. The minimum Gasteiger partial charge on any atom is -0.464 e. The van der Waals surface area contributed by atoms with Crippen LogP contribution in [-0.2, 0) is 0 Å². The Morgan fingerprint density at radius 2 is 2.23 bits per heavy atom. The average molecular weight is 197 g/mol. The fourth-order valence-corrected chi connectivity index (χ4v) is 1.32. The van der Waals surface area contributed by atoms with Crippen molar-refractivity contribution in [1.29, 1.82) is 0 Å². The van der Waals surface area contributed by atoms with Crippen LogP contribution in [0.1, 0.15) is 0 Å². The summed E-state index contributed by atoms with van der Waals surface area (Å²) in [4.78, 5) is 14.6. The molecule has 4 nitrogen and oxygen atoms in total. The van der Waals surface area contributed by atoms with Crippen LogP contribution in [0, 0.1) is 0 Å². The third kappa shape index (κ3) is 1.25. The van der Waals surface area contributed by atoms with Crippen LogP contribution in [0.25, 0.3) is 11.0 Å². The molecule has 0 fully saturated rings. The molecule has 2 rings (SSSR count). The van der Waals surface area contributed by atoms with E-state index in [0.29, 0.717) is 16.2 Å². The number of carbonyl (C=O) groups is 1. The molecule has 0 aliphatic heterocycles. The lowest BCUT2D eigenvalue weighted by atomic mass is 10.4. The lowest BCUT2D eigenvalue weighted by Crippen LogP contribution is -2.05. The van der Waals surface area contributed by atoms with Gasteiger partial charge in [-0.2, -0.15) is 0 Å². The van der Waals surface area contributed by atoms with Crippen molar-refractivity contribution < 1.29 is 9.90 Å². The van der Waals surface area contributed by atoms with Crippen LogP contribution in [0.2, 0.25) is 5.15 Å². The van der Waals surface area contributed by atoms with Gasteiger partial charge < -0.3 is 5.11 Å². The van der Waals surface area contributed by atoms with E-state index in [0.717, 1.165) is 4.57 Å². The number of nitrogens with zero attached hydrogens (tertiary/aromatic N) is 2. The van der Waals surface area contributed by atoms with Crippen LogP contribution in [0.15, 0.2) is 24.4 Å². The maximum Gasteiger partial charge on any atom is 0.416 e. The molecule has 1 N–H and O–H groups in total. The van der Waals surface area contributed by atoms with Crippen molar-refractivity contribution in [1.82, 2.24) is 9.55 Å². The molecule has 0 aliphatic rings. The van der Waals surface area contributed by atoms with Gasteiger partial charge >= 0.3 is 6.09 Å². The Labute approximate surface area is 78.4 Å². The largest absolute Gasteiger partial charge is 0.464 e. The van der Waals surface area contributed by atoms with Gasteiger partial charge in [-0.05, 0) is 18.2 Å². The Hall–Kier alpha value is -1.55. The van der Waals surface area contributed by atoms with Gasteiger partial charge in [0.05, 0.1) is 11.0 Å². The summed E-state index contributed by atoms with van der Waals surface area (Å²) in [6.45, 7) is 0. The van der Waals surface area contributed by atoms with Crippen molar-refractivity contribution in [2.45, 2.75) is 0 Å². The van der Waals surface area contributed by atoms with Gasteiger partial charge in [0, 0.05) is 6.20 Å². The summed E-state index contributed by atoms with van der Waals surface area (Å²) in [5.41, 5.74) is 1.12. The second-order valence-corrected chi connectivity index (χ2v) is 2.89. The van der Waals surface area contributed by atoms with Gasteiger partial charge in [-0.15, -0.1) is 0 Å². The maximum absolute atomic E-state index is 10.7. The molecule has 0 bridgehead atoms. The van der Waals surface area contributed by atoms with E-state index in [4.69, 9.17) is 16.7 Å². The first-order valence-corrected chi connectivity index (χ1v) is 3.93. The fraction of sp³-hybridized carbons (Fsp3) is 0. The van der Waals surface area contributed by atoms with Crippen LogP contribution < -0.4 is 0 Å². The number of carboxylic acid groups (broad SMARTS) is 1.